The standard InChI is InChI=1S/C23H18BrN3O4.C17H15BrN4O3/c1-30-18-9-8-14(11-19(18)31-2)21(28)17-13-27(12-15-5-3-7-20(24)26-15)23-16(22(17)29)6-4-10-25-23;1-21(25-2)17(24)13-10-22(9-11-5-3-7-14(18)20-11)16-12(15(13)23)6-4-8-19-16/h3-11,13H,12H2,1-2H3;3-8,10H,9H2,1-2H3. The molecule has 16 heteroatoms. The summed E-state index contributed by atoms with van der Waals surface area (Å²) >= 11 is 6.71. The van der Waals surface area contributed by atoms with Crippen molar-refractivity contribution in [2.75, 3.05) is 28.4 Å². The first-order valence-corrected chi connectivity index (χ1v) is 18.4. The number of methoxy groups -OCH3 is 2. The summed E-state index contributed by atoms with van der Waals surface area (Å²) < 4.78 is 15.4. The van der Waals surface area contributed by atoms with E-state index in [-0.39, 0.29) is 22.0 Å². The van der Waals surface area contributed by atoms with Gasteiger partial charge >= 0.3 is 0 Å². The predicted molar refractivity (Wildman–Crippen MR) is 216 cm³/mol. The molecule has 0 unspecified atom stereocenters. The minimum Gasteiger partial charge on any atom is -0.493 e. The molecule has 14 nitrogen and oxygen atoms in total. The molecule has 7 rings (SSSR count). The number of aromatic nitrogens is 6. The summed E-state index contributed by atoms with van der Waals surface area (Å²) in [5, 5.41) is 1.75. The number of rotatable bonds is 10. The average molecular weight is 884 g/mol. The van der Waals surface area contributed by atoms with Crippen molar-refractivity contribution in [3.63, 3.8) is 0 Å². The van der Waals surface area contributed by atoms with Crippen molar-refractivity contribution in [2.24, 2.45) is 0 Å². The van der Waals surface area contributed by atoms with Gasteiger partial charge in [-0.3, -0.25) is 24.0 Å². The Morgan fingerprint density at radius 1 is 0.679 bits per heavy atom. The minimum absolute atomic E-state index is 0.0137. The van der Waals surface area contributed by atoms with Gasteiger partial charge in [0.25, 0.3) is 5.91 Å². The maximum atomic E-state index is 13.3. The van der Waals surface area contributed by atoms with E-state index in [4.69, 9.17) is 14.3 Å². The first kappa shape index (κ1) is 39.6. The normalized spacial score (nSPS) is 10.8. The Bertz CT molecular complexity index is 2720. The van der Waals surface area contributed by atoms with Gasteiger partial charge in [0.1, 0.15) is 26.1 Å². The van der Waals surface area contributed by atoms with E-state index >= 15 is 0 Å². The van der Waals surface area contributed by atoms with Crippen LogP contribution in [-0.4, -0.2) is 74.2 Å². The van der Waals surface area contributed by atoms with Gasteiger partial charge in [-0.05, 0) is 98.6 Å². The van der Waals surface area contributed by atoms with Gasteiger partial charge in [0, 0.05) is 37.4 Å². The third-order valence-corrected chi connectivity index (χ3v) is 9.44. The molecule has 0 atom stereocenters. The van der Waals surface area contributed by atoms with Crippen molar-refractivity contribution in [1.29, 1.82) is 0 Å². The van der Waals surface area contributed by atoms with Gasteiger partial charge in [-0.1, -0.05) is 12.1 Å². The third-order valence-electron chi connectivity index (χ3n) is 8.56. The first-order valence-electron chi connectivity index (χ1n) is 16.8. The van der Waals surface area contributed by atoms with Crippen LogP contribution in [0.15, 0.2) is 122 Å². The molecule has 0 aliphatic rings. The number of nitrogens with zero attached hydrogens (tertiary/aromatic N) is 7. The Kier molecular flexibility index (Phi) is 12.4. The molecule has 56 heavy (non-hydrogen) atoms. The monoisotopic (exact) mass is 881 g/mol. The van der Waals surface area contributed by atoms with E-state index < -0.39 is 11.7 Å². The number of hydrogen-bond donors (Lipinski definition) is 0. The Hall–Kier alpha value is -6.10. The van der Waals surface area contributed by atoms with E-state index in [2.05, 4.69) is 51.8 Å². The van der Waals surface area contributed by atoms with Gasteiger partial charge in [0.05, 0.1) is 62.1 Å². The maximum absolute atomic E-state index is 13.3. The fraction of sp³-hybridized carbons (Fsp3) is 0.150. The zero-order chi connectivity index (χ0) is 39.9. The van der Waals surface area contributed by atoms with Crippen molar-refractivity contribution in [3.05, 3.63) is 161 Å². The molecule has 1 aromatic carbocycles. The molecular weight excluding hydrogens is 850 g/mol. The summed E-state index contributed by atoms with van der Waals surface area (Å²) in [6.45, 7) is 0.712. The highest BCUT2D eigenvalue weighted by Crippen LogP contribution is 2.28. The average Bonchev–Trinajstić information content (AvgIpc) is 3.22. The third kappa shape index (κ3) is 8.57. The number of amides is 1. The van der Waals surface area contributed by atoms with Gasteiger partial charge in [-0.25, -0.2) is 25.0 Å². The zero-order valence-corrected chi connectivity index (χ0v) is 33.6. The van der Waals surface area contributed by atoms with Gasteiger partial charge in [0.15, 0.2) is 17.3 Å². The molecule has 284 valence electrons. The first-order chi connectivity index (χ1) is 27.0. The molecule has 7 aromatic rings. The largest absolute Gasteiger partial charge is 0.493 e. The highest BCUT2D eigenvalue weighted by atomic mass is 79.9. The summed E-state index contributed by atoms with van der Waals surface area (Å²) in [5.41, 5.74) is 2.13. The highest BCUT2D eigenvalue weighted by Gasteiger charge is 2.21. The molecular formula is C40H33Br2N7O7. The molecule has 6 heterocycles. The molecule has 0 saturated carbocycles. The Labute approximate surface area is 336 Å². The second kappa shape index (κ2) is 17.6. The van der Waals surface area contributed by atoms with Crippen molar-refractivity contribution < 1.29 is 23.9 Å². The number of carbonyl (C=O) groups is 2. The number of pyridine rings is 6. The number of halogens is 2. The van der Waals surface area contributed by atoms with Gasteiger partial charge in [-0.15, -0.1) is 0 Å². The Morgan fingerprint density at radius 3 is 1.70 bits per heavy atom. The van der Waals surface area contributed by atoms with E-state index in [1.54, 1.807) is 70.2 Å². The van der Waals surface area contributed by atoms with Gasteiger partial charge in [0.2, 0.25) is 10.9 Å². The quantitative estimate of drug-likeness (QED) is 0.0889. The molecule has 0 N–H and O–H groups in total. The molecule has 0 aliphatic heterocycles. The summed E-state index contributed by atoms with van der Waals surface area (Å²) in [4.78, 5) is 73.9. The van der Waals surface area contributed by atoms with E-state index in [1.165, 1.54) is 34.6 Å². The van der Waals surface area contributed by atoms with Crippen LogP contribution >= 0.6 is 31.9 Å². The fourth-order valence-corrected chi connectivity index (χ4v) is 6.57. The van der Waals surface area contributed by atoms with Crippen LogP contribution in [0, 0.1) is 0 Å². The SMILES string of the molecule is CON(C)C(=O)c1cn(Cc2cccc(Br)n2)c2ncccc2c1=O.COc1ccc(C(=O)c2cn(Cc3cccc(Br)n3)c3ncccc3c2=O)cc1OC. The fourth-order valence-electron chi connectivity index (χ4n) is 5.81. The van der Waals surface area contributed by atoms with Crippen molar-refractivity contribution in [3.8, 4) is 11.5 Å². The van der Waals surface area contributed by atoms with Crippen LogP contribution in [0.25, 0.3) is 22.1 Å². The lowest BCUT2D eigenvalue weighted by Crippen LogP contribution is -2.31. The van der Waals surface area contributed by atoms with Gasteiger partial charge < -0.3 is 18.6 Å². The second-order valence-corrected chi connectivity index (χ2v) is 13.7. The number of ether oxygens (including phenoxy) is 2. The number of fused-ring (bicyclic) bond motifs is 2. The highest BCUT2D eigenvalue weighted by molar-refractivity contribution is 9.10. The summed E-state index contributed by atoms with van der Waals surface area (Å²) in [7, 11) is 5.83. The van der Waals surface area contributed by atoms with Crippen molar-refractivity contribution >= 4 is 65.6 Å². The van der Waals surface area contributed by atoms with Crippen LogP contribution in [0.5, 0.6) is 11.5 Å². The molecule has 0 bridgehead atoms. The molecule has 0 spiro atoms. The maximum Gasteiger partial charge on any atom is 0.282 e. The molecule has 6 aromatic heterocycles. The lowest BCUT2D eigenvalue weighted by Gasteiger charge is -2.16. The molecule has 0 radical (unpaired) electrons. The molecule has 0 saturated heterocycles. The van der Waals surface area contributed by atoms with Crippen LogP contribution in [0.4, 0.5) is 0 Å². The zero-order valence-electron chi connectivity index (χ0n) is 30.5. The van der Waals surface area contributed by atoms with E-state index in [0.717, 1.165) is 16.5 Å². The molecule has 0 aliphatic carbocycles. The Balaban J connectivity index is 0.000000194. The summed E-state index contributed by atoms with van der Waals surface area (Å²) in [6.07, 6.45) is 6.26. The molecule has 1 amide bonds. The number of hydroxylamine groups is 2. The van der Waals surface area contributed by atoms with Crippen molar-refractivity contribution in [2.45, 2.75) is 13.1 Å². The molecule has 0 fully saturated rings. The minimum atomic E-state index is -0.519. The number of ketones is 1. The van der Waals surface area contributed by atoms with Crippen LogP contribution < -0.4 is 20.3 Å². The Morgan fingerprint density at radius 2 is 1.20 bits per heavy atom. The van der Waals surface area contributed by atoms with E-state index in [0.29, 0.717) is 61.4 Å². The summed E-state index contributed by atoms with van der Waals surface area (Å²) in [6, 6.07) is 22.6. The topological polar surface area (TPSA) is 161 Å². The smallest absolute Gasteiger partial charge is 0.282 e. The van der Waals surface area contributed by atoms with E-state index in [9.17, 15) is 19.2 Å². The second-order valence-electron chi connectivity index (χ2n) is 12.0. The summed E-state index contributed by atoms with van der Waals surface area (Å²) in [5.74, 6) is -0.0174. The van der Waals surface area contributed by atoms with Gasteiger partial charge in [-0.2, -0.15) is 0 Å². The number of carbonyl (C=O) groups excluding carboxylic acids is 2. The number of hydrogen-bond acceptors (Lipinski definition) is 11. The van der Waals surface area contributed by atoms with Crippen LogP contribution in [0.2, 0.25) is 0 Å². The van der Waals surface area contributed by atoms with Crippen LogP contribution in [0.1, 0.15) is 37.7 Å². The lowest BCUT2D eigenvalue weighted by atomic mass is 10.0. The lowest BCUT2D eigenvalue weighted by molar-refractivity contribution is -0.0758. The number of benzene rings is 1. The van der Waals surface area contributed by atoms with E-state index in [1.807, 2.05) is 36.4 Å². The predicted octanol–water partition coefficient (Wildman–Crippen LogP) is 6.09. The van der Waals surface area contributed by atoms with Crippen LogP contribution in [-0.2, 0) is 17.9 Å². The van der Waals surface area contributed by atoms with Crippen molar-refractivity contribution in [1.82, 2.24) is 34.1 Å². The van der Waals surface area contributed by atoms with Crippen LogP contribution in [0.3, 0.4) is 0 Å².